The first kappa shape index (κ1) is 71.1. The number of para-hydroxylation sites is 6. The smallest absolute Gasteiger partial charge is 0.252 e. The minimum atomic E-state index is -0.741. The quantitative estimate of drug-likeness (QED) is 0.127. The van der Waals surface area contributed by atoms with Crippen LogP contribution in [0.25, 0.3) is 105 Å². The van der Waals surface area contributed by atoms with Gasteiger partial charge in [-0.15, -0.1) is 0 Å². The van der Waals surface area contributed by atoms with E-state index in [9.17, 15) is 11.0 Å². The minimum absolute atomic E-state index is 0.0106. The van der Waals surface area contributed by atoms with Crippen molar-refractivity contribution >= 4 is 136 Å². The van der Waals surface area contributed by atoms with Gasteiger partial charge in [0.1, 0.15) is 0 Å². The lowest BCUT2D eigenvalue weighted by Crippen LogP contribution is -2.65. The van der Waals surface area contributed by atoms with E-state index in [1.807, 2.05) is 0 Å². The Labute approximate surface area is 797 Å². The van der Waals surface area contributed by atoms with E-state index in [0.717, 1.165) is 162 Å². The SMILES string of the molecule is [2H]c1c([2H])c([2H])c2c(c1[2H])c1c([2H])c([2H])c([2H])c([2H])c1n2-c1cc2c3c(c1)N(c1c(-c4ccccc4)cccc1-c1ccccc1)c1ccccc1B3c1cc3c(cc1N2c1ccc(C(C)(C)C)cc1-c1ccccc1)N(c1ccccc1-c1ccccc1)c1cc(-c2cccc4c2C2(c5ccccc5-c5ccccc52)c2ccccc2-4)cc2c1B3c1ccccc1N2c1cc(C(C)(C)C)cc(C(C)(C)C)c1. The van der Waals surface area contributed by atoms with Gasteiger partial charge in [-0.3, -0.25) is 0 Å². The zero-order valence-electron chi connectivity index (χ0n) is 84.2. The molecule has 0 atom stereocenters. The highest BCUT2D eigenvalue weighted by atomic mass is 15.2. The van der Waals surface area contributed by atoms with Gasteiger partial charge in [0.2, 0.25) is 0 Å². The Morgan fingerprint density at radius 2 is 0.619 bits per heavy atom. The van der Waals surface area contributed by atoms with Crippen LogP contribution in [0.5, 0.6) is 0 Å². The highest BCUT2D eigenvalue weighted by Crippen LogP contribution is 2.66. The van der Waals surface area contributed by atoms with Gasteiger partial charge < -0.3 is 24.2 Å². The molecular weight excluding hydrogens is 1620 g/mol. The third-order valence-electron chi connectivity index (χ3n) is 29.4. The van der Waals surface area contributed by atoms with Gasteiger partial charge in [-0.25, -0.2) is 0 Å². The maximum absolute atomic E-state index is 10.4. The van der Waals surface area contributed by atoms with Crippen LogP contribution in [0.4, 0.5) is 68.2 Å². The third-order valence-corrected chi connectivity index (χ3v) is 29.4. The van der Waals surface area contributed by atoms with Gasteiger partial charge in [-0.1, -0.05) is 402 Å². The predicted octanol–water partition coefficient (Wildman–Crippen LogP) is 29.5. The van der Waals surface area contributed by atoms with Crippen molar-refractivity contribution in [3.8, 4) is 83.6 Å². The summed E-state index contributed by atoms with van der Waals surface area (Å²) >= 11 is 0. The van der Waals surface area contributed by atoms with Crippen LogP contribution in [-0.2, 0) is 21.7 Å². The van der Waals surface area contributed by atoms with Gasteiger partial charge in [0.05, 0.1) is 50.2 Å². The molecule has 20 aromatic rings. The lowest BCUT2D eigenvalue weighted by atomic mass is 9.30. The minimum Gasteiger partial charge on any atom is -0.311 e. The normalized spacial score (nSPS) is 14.7. The van der Waals surface area contributed by atoms with Crippen LogP contribution >= 0.6 is 0 Å². The number of anilines is 12. The first-order valence-electron chi connectivity index (χ1n) is 50.9. The van der Waals surface area contributed by atoms with Crippen molar-refractivity contribution in [1.82, 2.24) is 4.57 Å². The summed E-state index contributed by atoms with van der Waals surface area (Å²) in [4.78, 5) is 10.2. The van der Waals surface area contributed by atoms with E-state index >= 15 is 0 Å². The van der Waals surface area contributed by atoms with E-state index in [4.69, 9.17) is 0 Å². The van der Waals surface area contributed by atoms with Crippen LogP contribution in [0.1, 0.15) is 112 Å². The molecule has 636 valence electrons. The molecule has 2 aliphatic carbocycles. The van der Waals surface area contributed by atoms with Crippen molar-refractivity contribution in [3.05, 3.63) is 463 Å². The Balaban J connectivity index is 0.853. The molecule has 0 N–H and O–H groups in total. The zero-order valence-corrected chi connectivity index (χ0v) is 76.2. The average Bonchev–Trinajstić information content (AvgIpc) is 1.45. The van der Waals surface area contributed by atoms with Crippen LogP contribution in [-0.4, -0.2) is 18.0 Å². The summed E-state index contributed by atoms with van der Waals surface area (Å²) in [5.74, 6) is 0. The lowest BCUT2D eigenvalue weighted by Gasteiger charge is -2.48. The lowest BCUT2D eigenvalue weighted by molar-refractivity contribution is 0.569. The van der Waals surface area contributed by atoms with Crippen molar-refractivity contribution < 1.29 is 11.0 Å². The zero-order chi connectivity index (χ0) is 96.9. The summed E-state index contributed by atoms with van der Waals surface area (Å²) in [6.45, 7) is 19.8. The average molecular weight is 1720 g/mol. The maximum atomic E-state index is 10.4. The van der Waals surface area contributed by atoms with Crippen molar-refractivity contribution in [2.24, 2.45) is 0 Å². The molecular formula is C127H97B2N5. The van der Waals surface area contributed by atoms with E-state index in [1.54, 1.807) is 4.57 Å². The molecule has 1 spiro atoms. The van der Waals surface area contributed by atoms with Crippen LogP contribution in [0.15, 0.2) is 424 Å². The number of rotatable bonds is 10. The molecule has 0 fully saturated rings. The maximum Gasteiger partial charge on any atom is 0.252 e. The van der Waals surface area contributed by atoms with Gasteiger partial charge >= 0.3 is 0 Å². The largest absolute Gasteiger partial charge is 0.311 e. The summed E-state index contributed by atoms with van der Waals surface area (Å²) in [7, 11) is 0. The molecule has 0 radical (unpaired) electrons. The van der Waals surface area contributed by atoms with Crippen molar-refractivity contribution in [2.45, 2.75) is 84.0 Å². The molecule has 5 nitrogen and oxygen atoms in total. The molecule has 4 aliphatic heterocycles. The molecule has 19 aromatic carbocycles. The second-order valence-corrected chi connectivity index (χ2v) is 40.0. The van der Waals surface area contributed by atoms with Crippen molar-refractivity contribution in [1.29, 1.82) is 0 Å². The molecule has 26 rings (SSSR count). The van der Waals surface area contributed by atoms with Crippen LogP contribution in [0, 0.1) is 0 Å². The highest BCUT2D eigenvalue weighted by molar-refractivity contribution is 7.03. The summed E-state index contributed by atoms with van der Waals surface area (Å²) in [6, 6.07) is 136. The number of aromatic nitrogens is 1. The molecule has 5 heterocycles. The number of hydrogen-bond acceptors (Lipinski definition) is 4. The van der Waals surface area contributed by atoms with E-state index < -0.39 is 67.2 Å². The van der Waals surface area contributed by atoms with E-state index in [-0.39, 0.29) is 38.1 Å². The Kier molecular flexibility index (Phi) is 15.7. The Morgan fingerprint density at radius 3 is 1.13 bits per heavy atom. The molecule has 0 amide bonds. The molecule has 7 heteroatoms. The fourth-order valence-corrected chi connectivity index (χ4v) is 23.4. The second-order valence-electron chi connectivity index (χ2n) is 40.0. The van der Waals surface area contributed by atoms with Gasteiger partial charge in [0.25, 0.3) is 13.4 Å². The Morgan fingerprint density at radius 1 is 0.239 bits per heavy atom. The Bertz CT molecular complexity index is 8590. The van der Waals surface area contributed by atoms with Gasteiger partial charge in [0.15, 0.2) is 0 Å². The monoisotopic (exact) mass is 1720 g/mol. The van der Waals surface area contributed by atoms with Crippen molar-refractivity contribution in [2.75, 3.05) is 19.6 Å². The van der Waals surface area contributed by atoms with Crippen LogP contribution in [0.3, 0.4) is 0 Å². The predicted molar refractivity (Wildman–Crippen MR) is 568 cm³/mol. The number of nitrogens with zero attached hydrogens (tertiary/aromatic N) is 5. The van der Waals surface area contributed by atoms with Gasteiger partial charge in [0, 0.05) is 84.2 Å². The summed E-state index contributed by atoms with van der Waals surface area (Å²) in [5.41, 5.74) is 39.6. The molecule has 6 aliphatic rings. The molecule has 0 unspecified atom stereocenters. The molecule has 134 heavy (non-hydrogen) atoms. The summed E-state index contributed by atoms with van der Waals surface area (Å²) in [6.07, 6.45) is 0. The summed E-state index contributed by atoms with van der Waals surface area (Å²) < 4.78 is 80.9. The molecule has 0 bridgehead atoms. The van der Waals surface area contributed by atoms with Gasteiger partial charge in [-0.2, -0.15) is 0 Å². The topological polar surface area (TPSA) is 17.9 Å². The first-order valence-corrected chi connectivity index (χ1v) is 46.9. The second kappa shape index (κ2) is 29.7. The summed E-state index contributed by atoms with van der Waals surface area (Å²) in [5, 5.41) is -0.0341. The van der Waals surface area contributed by atoms with E-state index in [2.05, 4.69) is 458 Å². The fourth-order valence-electron chi connectivity index (χ4n) is 23.4. The van der Waals surface area contributed by atoms with Crippen LogP contribution < -0.4 is 52.4 Å². The molecule has 0 saturated heterocycles. The van der Waals surface area contributed by atoms with E-state index in [0.29, 0.717) is 5.69 Å². The standard InChI is InChI=1S/C127H97B2N5/c1-124(2,3)85-68-69-111(100(75-85)83-46-20-13-21-47-83)133-115-79-114-106(78-107(115)129-105-62-32-37-67-113(105)134(123-92(81-42-16-11-17-43-81)55-39-56-93(123)82-44-18-12-19-45-82)119-77-89(76-118(133)122(119)129)130-109-64-34-26-52-97(109)98-53-27-35-65-110(98)130)128-104-61-31-36-66-112(104)131(88-73-86(125(4,5)6)72-87(74-88)126(7,8)9)116-70-84(71-117(121(116)128)132(114)108-63-33-25-48-90(108)80-40-14-10-15-41-80)91-54-38-57-99-96-51-24-30-60-103(96)127(120(91)99)101-58-28-22-49-94(101)95-50-23-29-59-102(95)127/h10-79H,1-9H3/i26D,27D,34D,35D,52D,53D,64D,65D. The number of fused-ring (bicyclic) bond motifs is 21. The number of benzene rings is 19. The number of hydrogen-bond donors (Lipinski definition) is 0. The molecule has 1 aromatic heterocycles. The molecule has 0 saturated carbocycles. The van der Waals surface area contributed by atoms with Crippen molar-refractivity contribution in [3.63, 3.8) is 0 Å². The van der Waals surface area contributed by atoms with Gasteiger partial charge in [-0.05, 0) is 228 Å². The Hall–Kier alpha value is -15.7. The van der Waals surface area contributed by atoms with E-state index in [1.165, 1.54) is 55.6 Å². The van der Waals surface area contributed by atoms with Crippen LogP contribution in [0.2, 0.25) is 0 Å². The first-order chi connectivity index (χ1) is 68.8. The third kappa shape index (κ3) is 11.7. The highest BCUT2D eigenvalue weighted by Gasteiger charge is 2.55. The fraction of sp³-hybridized carbons (Fsp3) is 0.102.